The van der Waals surface area contributed by atoms with Gasteiger partial charge in [-0.25, -0.2) is 0 Å². The van der Waals surface area contributed by atoms with Crippen LogP contribution < -0.4 is 0 Å². The number of ether oxygens (including phenoxy) is 2. The standard InChI is InChI=1S/C11H22O2/c1-9(2)13-8-11(7-12-4)5-10(3)6-11/h9-10H,5-8H2,1-4H3. The van der Waals surface area contributed by atoms with Gasteiger partial charge in [0.05, 0.1) is 19.3 Å². The molecule has 2 nitrogen and oxygen atoms in total. The molecule has 0 aromatic rings. The van der Waals surface area contributed by atoms with Crippen LogP contribution in [0.4, 0.5) is 0 Å². The van der Waals surface area contributed by atoms with Crippen molar-refractivity contribution >= 4 is 0 Å². The second-order valence-electron chi connectivity index (χ2n) is 4.81. The Hall–Kier alpha value is -0.0800. The summed E-state index contributed by atoms with van der Waals surface area (Å²) in [6, 6.07) is 0. The fourth-order valence-electron chi connectivity index (χ4n) is 2.35. The average molecular weight is 186 g/mol. The largest absolute Gasteiger partial charge is 0.384 e. The summed E-state index contributed by atoms with van der Waals surface area (Å²) >= 11 is 0. The van der Waals surface area contributed by atoms with Gasteiger partial charge in [-0.05, 0) is 32.6 Å². The van der Waals surface area contributed by atoms with E-state index < -0.39 is 0 Å². The van der Waals surface area contributed by atoms with Crippen molar-refractivity contribution in [3.8, 4) is 0 Å². The van der Waals surface area contributed by atoms with E-state index in [0.717, 1.165) is 19.1 Å². The maximum Gasteiger partial charge on any atom is 0.0548 e. The number of methoxy groups -OCH3 is 1. The average Bonchev–Trinajstić information content (AvgIpc) is 1.98. The predicted molar refractivity (Wildman–Crippen MR) is 53.8 cm³/mol. The molecule has 1 saturated carbocycles. The molecule has 1 rings (SSSR count). The molecule has 0 amide bonds. The highest BCUT2D eigenvalue weighted by Gasteiger charge is 2.42. The van der Waals surface area contributed by atoms with Crippen LogP contribution in [0.3, 0.4) is 0 Å². The van der Waals surface area contributed by atoms with Gasteiger partial charge in [-0.1, -0.05) is 6.92 Å². The van der Waals surface area contributed by atoms with E-state index in [2.05, 4.69) is 20.8 Å². The summed E-state index contributed by atoms with van der Waals surface area (Å²) in [7, 11) is 1.78. The molecule has 0 heterocycles. The van der Waals surface area contributed by atoms with Gasteiger partial charge in [0.25, 0.3) is 0 Å². The Labute approximate surface area is 81.6 Å². The lowest BCUT2D eigenvalue weighted by atomic mass is 9.63. The third kappa shape index (κ3) is 2.96. The molecule has 0 aromatic heterocycles. The van der Waals surface area contributed by atoms with E-state index in [1.165, 1.54) is 12.8 Å². The second kappa shape index (κ2) is 4.43. The minimum absolute atomic E-state index is 0.332. The lowest BCUT2D eigenvalue weighted by Crippen LogP contribution is -2.44. The molecule has 0 saturated heterocycles. The van der Waals surface area contributed by atoms with E-state index in [4.69, 9.17) is 9.47 Å². The number of hydrogen-bond donors (Lipinski definition) is 0. The smallest absolute Gasteiger partial charge is 0.0548 e. The normalized spacial score (nSPS) is 33.5. The van der Waals surface area contributed by atoms with Crippen LogP contribution in [0.25, 0.3) is 0 Å². The summed E-state index contributed by atoms with van der Waals surface area (Å²) in [5.74, 6) is 0.853. The highest BCUT2D eigenvalue weighted by molar-refractivity contribution is 4.91. The molecule has 2 heteroatoms. The van der Waals surface area contributed by atoms with Gasteiger partial charge in [0.2, 0.25) is 0 Å². The quantitative estimate of drug-likeness (QED) is 0.656. The van der Waals surface area contributed by atoms with Crippen molar-refractivity contribution in [1.29, 1.82) is 0 Å². The van der Waals surface area contributed by atoms with E-state index in [1.807, 2.05) is 0 Å². The van der Waals surface area contributed by atoms with Crippen molar-refractivity contribution in [1.82, 2.24) is 0 Å². The molecule has 0 N–H and O–H groups in total. The van der Waals surface area contributed by atoms with E-state index in [1.54, 1.807) is 7.11 Å². The first-order valence-electron chi connectivity index (χ1n) is 5.18. The minimum Gasteiger partial charge on any atom is -0.384 e. The van der Waals surface area contributed by atoms with Crippen molar-refractivity contribution < 1.29 is 9.47 Å². The topological polar surface area (TPSA) is 18.5 Å². The fraction of sp³-hybridized carbons (Fsp3) is 1.00. The fourth-order valence-corrected chi connectivity index (χ4v) is 2.35. The molecule has 0 atom stereocenters. The Morgan fingerprint density at radius 3 is 2.31 bits per heavy atom. The molecule has 0 aromatic carbocycles. The number of hydrogen-bond acceptors (Lipinski definition) is 2. The highest BCUT2D eigenvalue weighted by Crippen LogP contribution is 2.45. The molecule has 0 radical (unpaired) electrons. The Balaban J connectivity index is 2.31. The van der Waals surface area contributed by atoms with Crippen molar-refractivity contribution in [2.45, 2.75) is 39.7 Å². The minimum atomic E-state index is 0.332. The van der Waals surface area contributed by atoms with Crippen molar-refractivity contribution in [3.05, 3.63) is 0 Å². The van der Waals surface area contributed by atoms with Gasteiger partial charge in [0.15, 0.2) is 0 Å². The molecule has 0 spiro atoms. The van der Waals surface area contributed by atoms with E-state index in [-0.39, 0.29) is 0 Å². The van der Waals surface area contributed by atoms with E-state index >= 15 is 0 Å². The SMILES string of the molecule is COCC1(COC(C)C)CC(C)C1. The van der Waals surface area contributed by atoms with Gasteiger partial charge >= 0.3 is 0 Å². The monoisotopic (exact) mass is 186 g/mol. The van der Waals surface area contributed by atoms with Crippen LogP contribution in [0, 0.1) is 11.3 Å². The maximum absolute atomic E-state index is 5.67. The Bertz CT molecular complexity index is 143. The lowest BCUT2D eigenvalue weighted by molar-refractivity contribution is -0.0925. The van der Waals surface area contributed by atoms with Gasteiger partial charge in [-0.3, -0.25) is 0 Å². The van der Waals surface area contributed by atoms with Gasteiger partial charge in [-0.15, -0.1) is 0 Å². The summed E-state index contributed by atoms with van der Waals surface area (Å²) in [5.41, 5.74) is 0.332. The van der Waals surface area contributed by atoms with Crippen molar-refractivity contribution in [2.24, 2.45) is 11.3 Å². The molecule has 0 aliphatic heterocycles. The highest BCUT2D eigenvalue weighted by atomic mass is 16.5. The summed E-state index contributed by atoms with van der Waals surface area (Å²) in [4.78, 5) is 0. The molecule has 1 fully saturated rings. The molecular formula is C11H22O2. The van der Waals surface area contributed by atoms with Crippen LogP contribution in [0.15, 0.2) is 0 Å². The predicted octanol–water partition coefficient (Wildman–Crippen LogP) is 2.47. The first kappa shape index (κ1) is 11.0. The molecule has 1 aliphatic rings. The Morgan fingerprint density at radius 1 is 1.31 bits per heavy atom. The third-order valence-electron chi connectivity index (χ3n) is 2.74. The Kier molecular flexibility index (Phi) is 3.74. The van der Waals surface area contributed by atoms with Gasteiger partial charge in [0.1, 0.15) is 0 Å². The Morgan fingerprint density at radius 2 is 1.92 bits per heavy atom. The summed E-state index contributed by atoms with van der Waals surface area (Å²) in [6.07, 6.45) is 2.85. The zero-order chi connectivity index (χ0) is 9.90. The summed E-state index contributed by atoms with van der Waals surface area (Å²) in [5, 5.41) is 0. The number of rotatable bonds is 5. The maximum atomic E-state index is 5.67. The first-order valence-corrected chi connectivity index (χ1v) is 5.18. The second-order valence-corrected chi connectivity index (χ2v) is 4.81. The lowest BCUT2D eigenvalue weighted by Gasteiger charge is -2.46. The zero-order valence-corrected chi connectivity index (χ0v) is 9.30. The first-order chi connectivity index (χ1) is 6.08. The molecule has 0 bridgehead atoms. The van der Waals surface area contributed by atoms with Crippen LogP contribution >= 0.6 is 0 Å². The van der Waals surface area contributed by atoms with Crippen LogP contribution in [-0.4, -0.2) is 26.4 Å². The molecule has 1 aliphatic carbocycles. The van der Waals surface area contributed by atoms with E-state index in [9.17, 15) is 0 Å². The summed E-state index contributed by atoms with van der Waals surface area (Å²) in [6.45, 7) is 8.18. The van der Waals surface area contributed by atoms with E-state index in [0.29, 0.717) is 11.5 Å². The van der Waals surface area contributed by atoms with Crippen LogP contribution in [0.1, 0.15) is 33.6 Å². The summed E-state index contributed by atoms with van der Waals surface area (Å²) < 4.78 is 10.9. The van der Waals surface area contributed by atoms with Crippen LogP contribution in [0.5, 0.6) is 0 Å². The molecule has 13 heavy (non-hydrogen) atoms. The van der Waals surface area contributed by atoms with Crippen molar-refractivity contribution in [3.63, 3.8) is 0 Å². The molecular weight excluding hydrogens is 164 g/mol. The molecule has 0 unspecified atom stereocenters. The van der Waals surface area contributed by atoms with Gasteiger partial charge in [-0.2, -0.15) is 0 Å². The third-order valence-corrected chi connectivity index (χ3v) is 2.74. The van der Waals surface area contributed by atoms with Crippen molar-refractivity contribution in [2.75, 3.05) is 20.3 Å². The zero-order valence-electron chi connectivity index (χ0n) is 9.30. The van der Waals surface area contributed by atoms with Crippen LogP contribution in [-0.2, 0) is 9.47 Å². The molecule has 78 valence electrons. The van der Waals surface area contributed by atoms with Gasteiger partial charge < -0.3 is 9.47 Å². The van der Waals surface area contributed by atoms with Gasteiger partial charge in [0, 0.05) is 12.5 Å². The van der Waals surface area contributed by atoms with Crippen LogP contribution in [0.2, 0.25) is 0 Å².